The van der Waals surface area contributed by atoms with Gasteiger partial charge in [0.25, 0.3) is 5.91 Å². The van der Waals surface area contributed by atoms with Gasteiger partial charge >= 0.3 is 0 Å². The Labute approximate surface area is 171 Å². The molecule has 1 aliphatic rings. The third-order valence-electron chi connectivity index (χ3n) is 5.09. The SMILES string of the molecule is COc1ccc(NC(=O)c2cc(C)c(C)cc2C)cc1S(=O)(=O)N1CCOCC1. The van der Waals surface area contributed by atoms with E-state index in [0.717, 1.165) is 16.7 Å². The highest BCUT2D eigenvalue weighted by Gasteiger charge is 2.29. The Morgan fingerprint density at radius 1 is 1.03 bits per heavy atom. The highest BCUT2D eigenvalue weighted by molar-refractivity contribution is 7.89. The Balaban J connectivity index is 1.93. The molecule has 1 amide bonds. The van der Waals surface area contributed by atoms with Crippen molar-refractivity contribution in [2.24, 2.45) is 0 Å². The minimum Gasteiger partial charge on any atom is -0.495 e. The molecule has 8 heteroatoms. The predicted molar refractivity (Wildman–Crippen MR) is 111 cm³/mol. The van der Waals surface area contributed by atoms with Crippen LogP contribution in [0.2, 0.25) is 0 Å². The average molecular weight is 419 g/mol. The smallest absolute Gasteiger partial charge is 0.255 e. The van der Waals surface area contributed by atoms with Gasteiger partial charge in [-0.25, -0.2) is 8.42 Å². The molecule has 156 valence electrons. The minimum atomic E-state index is -3.77. The summed E-state index contributed by atoms with van der Waals surface area (Å²) in [6, 6.07) is 8.43. The average Bonchev–Trinajstić information content (AvgIpc) is 2.71. The molecular weight excluding hydrogens is 392 g/mol. The first-order valence-electron chi connectivity index (χ1n) is 9.39. The zero-order chi connectivity index (χ0) is 21.2. The number of rotatable bonds is 5. The molecule has 2 aromatic carbocycles. The quantitative estimate of drug-likeness (QED) is 0.807. The summed E-state index contributed by atoms with van der Waals surface area (Å²) in [7, 11) is -2.35. The lowest BCUT2D eigenvalue weighted by Gasteiger charge is -2.26. The van der Waals surface area contributed by atoms with Crippen molar-refractivity contribution in [1.29, 1.82) is 0 Å². The van der Waals surface area contributed by atoms with Crippen LogP contribution in [0.5, 0.6) is 5.75 Å². The molecule has 0 aliphatic carbocycles. The summed E-state index contributed by atoms with van der Waals surface area (Å²) in [6.45, 7) is 7.09. The van der Waals surface area contributed by atoms with E-state index in [9.17, 15) is 13.2 Å². The number of nitrogens with zero attached hydrogens (tertiary/aromatic N) is 1. The molecule has 0 bridgehead atoms. The van der Waals surface area contributed by atoms with Crippen molar-refractivity contribution in [2.45, 2.75) is 25.7 Å². The maximum Gasteiger partial charge on any atom is 0.255 e. The Hall–Kier alpha value is -2.42. The second-order valence-corrected chi connectivity index (χ2v) is 8.99. The zero-order valence-corrected chi connectivity index (χ0v) is 17.9. The van der Waals surface area contributed by atoms with Crippen molar-refractivity contribution in [3.63, 3.8) is 0 Å². The van der Waals surface area contributed by atoms with Gasteiger partial charge in [0.05, 0.1) is 20.3 Å². The first kappa shape index (κ1) is 21.3. The Bertz CT molecular complexity index is 1030. The molecule has 1 saturated heterocycles. The maximum atomic E-state index is 13.1. The first-order chi connectivity index (χ1) is 13.7. The fourth-order valence-corrected chi connectivity index (χ4v) is 4.88. The second kappa shape index (κ2) is 8.52. The van der Waals surface area contributed by atoms with Crippen LogP contribution in [0.1, 0.15) is 27.0 Å². The van der Waals surface area contributed by atoms with Gasteiger partial charge in [-0.2, -0.15) is 4.31 Å². The van der Waals surface area contributed by atoms with Crippen LogP contribution >= 0.6 is 0 Å². The summed E-state index contributed by atoms with van der Waals surface area (Å²) in [5.41, 5.74) is 3.94. The molecular formula is C21H26N2O5S. The molecule has 0 atom stereocenters. The summed E-state index contributed by atoms with van der Waals surface area (Å²) >= 11 is 0. The number of carbonyl (C=O) groups is 1. The Morgan fingerprint density at radius 3 is 2.34 bits per heavy atom. The number of morpholine rings is 1. The number of amides is 1. The van der Waals surface area contributed by atoms with Gasteiger partial charge in [-0.05, 0) is 61.7 Å². The van der Waals surface area contributed by atoms with Gasteiger partial charge in [0.1, 0.15) is 10.6 Å². The van der Waals surface area contributed by atoms with Crippen molar-refractivity contribution in [1.82, 2.24) is 4.31 Å². The molecule has 0 unspecified atom stereocenters. The molecule has 2 aromatic rings. The second-order valence-electron chi connectivity index (χ2n) is 7.09. The van der Waals surface area contributed by atoms with Gasteiger partial charge < -0.3 is 14.8 Å². The molecule has 1 fully saturated rings. The summed E-state index contributed by atoms with van der Waals surface area (Å²) in [5.74, 6) is -0.0534. The van der Waals surface area contributed by atoms with Gasteiger partial charge in [0.2, 0.25) is 10.0 Å². The molecule has 0 aromatic heterocycles. The number of anilines is 1. The van der Waals surface area contributed by atoms with E-state index in [0.29, 0.717) is 24.5 Å². The lowest BCUT2D eigenvalue weighted by atomic mass is 10.0. The van der Waals surface area contributed by atoms with Crippen LogP contribution in [0.3, 0.4) is 0 Å². The minimum absolute atomic E-state index is 0.0245. The van der Waals surface area contributed by atoms with Gasteiger partial charge in [-0.1, -0.05) is 6.07 Å². The van der Waals surface area contributed by atoms with Crippen LogP contribution in [-0.4, -0.2) is 52.0 Å². The lowest BCUT2D eigenvalue weighted by molar-refractivity contribution is 0.0729. The van der Waals surface area contributed by atoms with Crippen LogP contribution < -0.4 is 10.1 Å². The van der Waals surface area contributed by atoms with E-state index in [1.54, 1.807) is 12.1 Å². The van der Waals surface area contributed by atoms with Crippen molar-refractivity contribution in [3.05, 3.63) is 52.6 Å². The first-order valence-corrected chi connectivity index (χ1v) is 10.8. The van der Waals surface area contributed by atoms with Gasteiger partial charge in [0.15, 0.2) is 0 Å². The van der Waals surface area contributed by atoms with E-state index < -0.39 is 10.0 Å². The molecule has 29 heavy (non-hydrogen) atoms. The molecule has 1 N–H and O–H groups in total. The Kier molecular flexibility index (Phi) is 6.26. The molecule has 1 heterocycles. The molecule has 3 rings (SSSR count). The van der Waals surface area contributed by atoms with E-state index in [1.807, 2.05) is 32.9 Å². The normalized spacial score (nSPS) is 15.2. The van der Waals surface area contributed by atoms with Gasteiger partial charge in [-0.3, -0.25) is 4.79 Å². The highest BCUT2D eigenvalue weighted by atomic mass is 32.2. The van der Waals surface area contributed by atoms with Crippen molar-refractivity contribution in [2.75, 3.05) is 38.7 Å². The highest BCUT2D eigenvalue weighted by Crippen LogP contribution is 2.30. The van der Waals surface area contributed by atoms with E-state index in [2.05, 4.69) is 5.32 Å². The fraction of sp³-hybridized carbons (Fsp3) is 0.381. The molecule has 7 nitrogen and oxygen atoms in total. The van der Waals surface area contributed by atoms with Gasteiger partial charge in [0, 0.05) is 24.3 Å². The summed E-state index contributed by atoms with van der Waals surface area (Å²) < 4.78 is 38.1. The number of hydrogen-bond donors (Lipinski definition) is 1. The Morgan fingerprint density at radius 2 is 1.69 bits per heavy atom. The number of benzene rings is 2. The monoisotopic (exact) mass is 418 g/mol. The van der Waals surface area contributed by atoms with Crippen LogP contribution in [0, 0.1) is 20.8 Å². The number of methoxy groups -OCH3 is 1. The number of aryl methyl sites for hydroxylation is 3. The van der Waals surface area contributed by atoms with Crippen molar-refractivity contribution >= 4 is 21.6 Å². The molecule has 0 radical (unpaired) electrons. The molecule has 0 saturated carbocycles. The van der Waals surface area contributed by atoms with Crippen molar-refractivity contribution in [3.8, 4) is 5.75 Å². The topological polar surface area (TPSA) is 84.9 Å². The molecule has 1 aliphatic heterocycles. The fourth-order valence-electron chi connectivity index (χ4n) is 3.29. The maximum absolute atomic E-state index is 13.1. The number of hydrogen-bond acceptors (Lipinski definition) is 5. The molecule has 0 spiro atoms. The van der Waals surface area contributed by atoms with E-state index >= 15 is 0 Å². The van der Waals surface area contributed by atoms with Crippen LogP contribution in [-0.2, 0) is 14.8 Å². The standard InChI is InChI=1S/C21H26N2O5S/c1-14-11-16(3)18(12-15(14)2)21(24)22-17-5-6-19(27-4)20(13-17)29(25,26)23-7-9-28-10-8-23/h5-6,11-13H,7-10H2,1-4H3,(H,22,24). The number of sulfonamides is 1. The summed E-state index contributed by atoms with van der Waals surface area (Å²) in [5, 5.41) is 2.81. The number of nitrogens with one attached hydrogen (secondary N) is 1. The predicted octanol–water partition coefficient (Wildman–Crippen LogP) is 2.89. The van der Waals surface area contributed by atoms with Gasteiger partial charge in [-0.15, -0.1) is 0 Å². The third kappa shape index (κ3) is 4.44. The van der Waals surface area contributed by atoms with E-state index in [-0.39, 0.29) is 29.6 Å². The van der Waals surface area contributed by atoms with E-state index in [4.69, 9.17) is 9.47 Å². The zero-order valence-electron chi connectivity index (χ0n) is 17.1. The van der Waals surface area contributed by atoms with Crippen LogP contribution in [0.4, 0.5) is 5.69 Å². The van der Waals surface area contributed by atoms with E-state index in [1.165, 1.54) is 17.5 Å². The van der Waals surface area contributed by atoms with Crippen molar-refractivity contribution < 1.29 is 22.7 Å². The largest absolute Gasteiger partial charge is 0.495 e. The number of carbonyl (C=O) groups excluding carboxylic acids is 1. The lowest BCUT2D eigenvalue weighted by Crippen LogP contribution is -2.40. The number of ether oxygens (including phenoxy) is 2. The van der Waals surface area contributed by atoms with Crippen LogP contribution in [0.25, 0.3) is 0 Å². The third-order valence-corrected chi connectivity index (χ3v) is 7.01. The summed E-state index contributed by atoms with van der Waals surface area (Å²) in [4.78, 5) is 12.8. The summed E-state index contributed by atoms with van der Waals surface area (Å²) in [6.07, 6.45) is 0. The van der Waals surface area contributed by atoms with Crippen LogP contribution in [0.15, 0.2) is 35.2 Å².